The minimum atomic E-state index is 0. The molecule has 1 nitrogen and oxygen atoms in total. The fourth-order valence-electron chi connectivity index (χ4n) is 2.76. The Bertz CT molecular complexity index is 133. The van der Waals surface area contributed by atoms with Crippen molar-refractivity contribution >= 4 is 37.2 Å². The fourth-order valence-corrected chi connectivity index (χ4v) is 2.76. The third-order valence-electron chi connectivity index (χ3n) is 3.57. The topological polar surface area (TPSA) is 14.1 Å². The van der Waals surface area contributed by atoms with Crippen LogP contribution < -0.4 is 0 Å². The van der Waals surface area contributed by atoms with Crippen LogP contribution in [0.1, 0.15) is 64.2 Å². The van der Waals surface area contributed by atoms with E-state index in [4.69, 9.17) is 5.32 Å². The fraction of sp³-hybridized carbons (Fsp3) is 1.00. The van der Waals surface area contributed by atoms with Crippen LogP contribution in [0.15, 0.2) is 0 Å². The van der Waals surface area contributed by atoms with Gasteiger partial charge in [0.2, 0.25) is 0 Å². The second-order valence-electron chi connectivity index (χ2n) is 4.73. The Morgan fingerprint density at radius 3 is 1.12 bits per heavy atom. The van der Waals surface area contributed by atoms with E-state index in [0.29, 0.717) is 0 Å². The minimum absolute atomic E-state index is 0. The van der Waals surface area contributed by atoms with E-state index in [1.807, 2.05) is 0 Å². The smallest absolute Gasteiger partial charge is 0 e. The van der Waals surface area contributed by atoms with Crippen LogP contribution in [0.5, 0.6) is 0 Å². The number of nitrogens with zero attached hydrogens (tertiary/aromatic N) is 1. The first kappa shape index (κ1) is 23.6. The molecule has 2 aliphatic carbocycles. The maximum absolute atomic E-state index is 5.00. The molecule has 2 aliphatic rings. The zero-order chi connectivity index (χ0) is 8.93. The molecule has 0 atom stereocenters. The molecule has 0 saturated heterocycles. The van der Waals surface area contributed by atoms with E-state index in [-0.39, 0.29) is 58.9 Å². The largest absolute Gasteiger partial charge is 0.657 e. The molecule has 2 rings (SSSR count). The maximum Gasteiger partial charge on any atom is 0 e. The van der Waals surface area contributed by atoms with Crippen molar-refractivity contribution in [2.45, 2.75) is 76.3 Å². The number of hydrogen-bond acceptors (Lipinski definition) is 0. The van der Waals surface area contributed by atoms with Crippen molar-refractivity contribution in [2.75, 3.05) is 0 Å². The Morgan fingerprint density at radius 2 is 0.824 bits per heavy atom. The van der Waals surface area contributed by atoms with Crippen LogP contribution in [-0.4, -0.2) is 12.1 Å². The summed E-state index contributed by atoms with van der Waals surface area (Å²) in [4.78, 5) is 0. The summed E-state index contributed by atoms with van der Waals surface area (Å²) in [7, 11) is 0. The van der Waals surface area contributed by atoms with Crippen LogP contribution in [0.4, 0.5) is 0 Å². The van der Waals surface area contributed by atoms with Gasteiger partial charge < -0.3 is 5.32 Å². The molecule has 0 aliphatic heterocycles. The van der Waals surface area contributed by atoms with Crippen molar-refractivity contribution in [2.24, 2.45) is 0 Å². The van der Waals surface area contributed by atoms with E-state index in [2.05, 4.69) is 0 Å². The van der Waals surface area contributed by atoms with Crippen LogP contribution in [0, 0.1) is 0 Å². The van der Waals surface area contributed by atoms with E-state index in [9.17, 15) is 0 Å². The molecular formula is C12H25Cl3NTi-. The minimum Gasteiger partial charge on any atom is -0.657 e. The predicted octanol–water partition coefficient (Wildman–Crippen LogP) is 5.29. The van der Waals surface area contributed by atoms with Crippen LogP contribution in [-0.2, 0) is 21.7 Å². The van der Waals surface area contributed by atoms with Gasteiger partial charge in [-0.15, -0.1) is 49.3 Å². The quantitative estimate of drug-likeness (QED) is 0.608. The molecule has 0 bridgehead atoms. The third-order valence-corrected chi connectivity index (χ3v) is 3.57. The van der Waals surface area contributed by atoms with Gasteiger partial charge in [0.15, 0.2) is 0 Å². The average Bonchev–Trinajstić information content (AvgIpc) is 2.21. The molecule has 0 aromatic rings. The molecule has 0 unspecified atom stereocenters. The van der Waals surface area contributed by atoms with Crippen LogP contribution in [0.3, 0.4) is 0 Å². The molecule has 5 heteroatoms. The van der Waals surface area contributed by atoms with E-state index in [1.54, 1.807) is 0 Å². The van der Waals surface area contributed by atoms with Gasteiger partial charge in [0.05, 0.1) is 0 Å². The van der Waals surface area contributed by atoms with Gasteiger partial charge in [-0.1, -0.05) is 64.2 Å². The third kappa shape index (κ3) is 9.13. The summed E-state index contributed by atoms with van der Waals surface area (Å²) in [5.74, 6) is 0. The SMILES string of the molecule is C1CCC([N-]C2CCCCC2)CC1.Cl.Cl.Cl.[Ti]. The van der Waals surface area contributed by atoms with Gasteiger partial charge in [0.1, 0.15) is 0 Å². The molecule has 104 valence electrons. The predicted molar refractivity (Wildman–Crippen MR) is 78.8 cm³/mol. The van der Waals surface area contributed by atoms with Crippen molar-refractivity contribution in [3.63, 3.8) is 0 Å². The van der Waals surface area contributed by atoms with Crippen molar-refractivity contribution < 1.29 is 21.7 Å². The van der Waals surface area contributed by atoms with Crippen LogP contribution in [0.2, 0.25) is 0 Å². The van der Waals surface area contributed by atoms with E-state index < -0.39 is 0 Å². The summed E-state index contributed by atoms with van der Waals surface area (Å²) in [6.45, 7) is 0. The van der Waals surface area contributed by atoms with Gasteiger partial charge in [0, 0.05) is 21.7 Å². The molecule has 0 radical (unpaired) electrons. The summed E-state index contributed by atoms with van der Waals surface area (Å²) in [6.07, 6.45) is 14.2. The molecule has 0 spiro atoms. The molecule has 0 aromatic carbocycles. The molecule has 2 saturated carbocycles. The maximum atomic E-state index is 5.00. The van der Waals surface area contributed by atoms with Crippen molar-refractivity contribution in [1.82, 2.24) is 0 Å². The Labute approximate surface area is 140 Å². The van der Waals surface area contributed by atoms with Crippen molar-refractivity contribution in [1.29, 1.82) is 0 Å². The molecule has 0 amide bonds. The second-order valence-corrected chi connectivity index (χ2v) is 4.73. The average molecular weight is 338 g/mol. The summed E-state index contributed by atoms with van der Waals surface area (Å²) >= 11 is 0. The van der Waals surface area contributed by atoms with Gasteiger partial charge in [-0.25, -0.2) is 0 Å². The summed E-state index contributed by atoms with van der Waals surface area (Å²) < 4.78 is 0. The Kier molecular flexibility index (Phi) is 19.4. The molecule has 17 heavy (non-hydrogen) atoms. The first-order chi connectivity index (χ1) is 6.45. The van der Waals surface area contributed by atoms with Gasteiger partial charge in [-0.05, 0) is 0 Å². The Balaban J connectivity index is -0.000000490. The van der Waals surface area contributed by atoms with Crippen molar-refractivity contribution in [3.8, 4) is 0 Å². The monoisotopic (exact) mass is 336 g/mol. The van der Waals surface area contributed by atoms with Gasteiger partial charge in [-0.3, -0.25) is 0 Å². The molecule has 0 aromatic heterocycles. The van der Waals surface area contributed by atoms with Crippen molar-refractivity contribution in [3.05, 3.63) is 5.32 Å². The second kappa shape index (κ2) is 14.0. The summed E-state index contributed by atoms with van der Waals surface area (Å²) in [6, 6.07) is 1.49. The molecular weight excluding hydrogens is 312 g/mol. The van der Waals surface area contributed by atoms with Crippen LogP contribution >= 0.6 is 37.2 Å². The number of rotatable bonds is 2. The van der Waals surface area contributed by atoms with Gasteiger partial charge >= 0.3 is 0 Å². The molecule has 2 fully saturated rings. The standard InChI is InChI=1S/C12H22N.3ClH.Ti/c1-3-7-11(8-4-1)13-12-9-5-2-6-10-12;;;;/h11-12H,1-10H2;3*1H;/q-1;;;;. The first-order valence-electron chi connectivity index (χ1n) is 6.15. The van der Waals surface area contributed by atoms with Crippen LogP contribution in [0.25, 0.3) is 5.32 Å². The summed E-state index contributed by atoms with van der Waals surface area (Å²) in [5, 5.41) is 5.00. The van der Waals surface area contributed by atoms with E-state index in [1.165, 1.54) is 64.2 Å². The number of halogens is 3. The molecule has 0 heterocycles. The van der Waals surface area contributed by atoms with Gasteiger partial charge in [-0.2, -0.15) is 0 Å². The first-order valence-corrected chi connectivity index (χ1v) is 6.15. The summed E-state index contributed by atoms with van der Waals surface area (Å²) in [5.41, 5.74) is 0. The zero-order valence-corrected chi connectivity index (χ0v) is 14.4. The van der Waals surface area contributed by atoms with Gasteiger partial charge in [0.25, 0.3) is 0 Å². The van der Waals surface area contributed by atoms with E-state index in [0.717, 1.165) is 12.1 Å². The molecule has 0 N–H and O–H groups in total. The zero-order valence-electron chi connectivity index (χ0n) is 10.4. The Hall–Kier alpha value is 1.54. The van der Waals surface area contributed by atoms with E-state index >= 15 is 0 Å². The normalized spacial score (nSPS) is 21.2. The Morgan fingerprint density at radius 1 is 0.529 bits per heavy atom. The number of hydrogen-bond donors (Lipinski definition) is 0.